The van der Waals surface area contributed by atoms with Gasteiger partial charge in [0, 0.05) is 68.7 Å². The summed E-state index contributed by atoms with van der Waals surface area (Å²) < 4.78 is 6.24. The SMILES string of the molecule is Cc1cnc(C(C)Nc2ccc3c(c2)Sc2cccc(C4CN(c5cc[nH]c(=O)c5)CCO4)c2S3)nc1. The Morgan fingerprint density at radius 1 is 1.08 bits per heavy atom. The second kappa shape index (κ2) is 10.2. The predicted octanol–water partition coefficient (Wildman–Crippen LogP) is 5.84. The van der Waals surface area contributed by atoms with Gasteiger partial charge in [0.1, 0.15) is 11.9 Å². The monoisotopic (exact) mass is 529 g/mol. The molecule has 37 heavy (non-hydrogen) atoms. The Morgan fingerprint density at radius 2 is 1.95 bits per heavy atom. The molecule has 0 saturated carbocycles. The van der Waals surface area contributed by atoms with E-state index < -0.39 is 0 Å². The van der Waals surface area contributed by atoms with E-state index in [9.17, 15) is 4.79 Å². The highest BCUT2D eigenvalue weighted by Gasteiger charge is 2.28. The number of ether oxygens (including phenoxy) is 1. The van der Waals surface area contributed by atoms with Crippen LogP contribution in [-0.4, -0.2) is 34.6 Å². The summed E-state index contributed by atoms with van der Waals surface area (Å²) >= 11 is 3.59. The molecule has 0 aliphatic carbocycles. The number of aromatic nitrogens is 3. The van der Waals surface area contributed by atoms with Crippen LogP contribution in [0, 0.1) is 6.92 Å². The quantitative estimate of drug-likeness (QED) is 0.294. The number of fused-ring (bicyclic) bond motifs is 2. The number of rotatable bonds is 5. The van der Waals surface area contributed by atoms with Crippen LogP contribution in [0.4, 0.5) is 11.4 Å². The summed E-state index contributed by atoms with van der Waals surface area (Å²) in [5.41, 5.74) is 4.14. The van der Waals surface area contributed by atoms with E-state index in [0.29, 0.717) is 13.2 Å². The summed E-state index contributed by atoms with van der Waals surface area (Å²) in [6.45, 7) is 6.16. The number of aromatic amines is 1. The van der Waals surface area contributed by atoms with Crippen molar-refractivity contribution in [3.63, 3.8) is 0 Å². The zero-order valence-corrected chi connectivity index (χ0v) is 22.2. The minimum absolute atomic E-state index is 0.00498. The number of pyridine rings is 1. The summed E-state index contributed by atoms with van der Waals surface area (Å²) in [4.78, 5) is 30.6. The van der Waals surface area contributed by atoms with Crippen LogP contribution in [0.25, 0.3) is 0 Å². The van der Waals surface area contributed by atoms with Gasteiger partial charge in [-0.1, -0.05) is 35.7 Å². The molecule has 2 aromatic carbocycles. The molecule has 1 fully saturated rings. The number of nitrogens with zero attached hydrogens (tertiary/aromatic N) is 3. The molecule has 9 heteroatoms. The van der Waals surface area contributed by atoms with Gasteiger partial charge in [-0.2, -0.15) is 0 Å². The van der Waals surface area contributed by atoms with Gasteiger partial charge < -0.3 is 19.9 Å². The normalized spacial score (nSPS) is 17.6. The van der Waals surface area contributed by atoms with Crippen molar-refractivity contribution in [3.8, 4) is 0 Å². The average Bonchev–Trinajstić information content (AvgIpc) is 2.92. The van der Waals surface area contributed by atoms with Crippen molar-refractivity contribution < 1.29 is 4.74 Å². The second-order valence-corrected chi connectivity index (χ2v) is 11.4. The van der Waals surface area contributed by atoms with Crippen LogP contribution < -0.4 is 15.8 Å². The van der Waals surface area contributed by atoms with Crippen molar-refractivity contribution in [3.05, 3.63) is 94.4 Å². The van der Waals surface area contributed by atoms with Crippen LogP contribution in [0.5, 0.6) is 0 Å². The highest BCUT2D eigenvalue weighted by Crippen LogP contribution is 2.52. The highest BCUT2D eigenvalue weighted by molar-refractivity contribution is 8.05. The van der Waals surface area contributed by atoms with Crippen molar-refractivity contribution >= 4 is 34.9 Å². The summed E-state index contributed by atoms with van der Waals surface area (Å²) in [5, 5.41) is 3.54. The summed E-state index contributed by atoms with van der Waals surface area (Å²) in [7, 11) is 0. The minimum Gasteiger partial charge on any atom is -0.375 e. The first kappa shape index (κ1) is 24.1. The van der Waals surface area contributed by atoms with E-state index in [4.69, 9.17) is 4.74 Å². The zero-order valence-electron chi connectivity index (χ0n) is 20.6. The third kappa shape index (κ3) is 5.12. The van der Waals surface area contributed by atoms with Crippen LogP contribution in [0.15, 0.2) is 91.5 Å². The number of hydrogen-bond donors (Lipinski definition) is 2. The number of anilines is 2. The maximum atomic E-state index is 11.8. The predicted molar refractivity (Wildman–Crippen MR) is 148 cm³/mol. The number of morpholine rings is 1. The smallest absolute Gasteiger partial charge is 0.249 e. The van der Waals surface area contributed by atoms with E-state index in [1.54, 1.807) is 35.8 Å². The van der Waals surface area contributed by atoms with Crippen molar-refractivity contribution in [2.75, 3.05) is 29.9 Å². The van der Waals surface area contributed by atoms with Gasteiger partial charge in [0.25, 0.3) is 0 Å². The van der Waals surface area contributed by atoms with Crippen molar-refractivity contribution in [1.82, 2.24) is 15.0 Å². The van der Waals surface area contributed by atoms with E-state index in [1.165, 1.54) is 25.1 Å². The Morgan fingerprint density at radius 3 is 2.78 bits per heavy atom. The molecule has 4 aromatic rings. The lowest BCUT2D eigenvalue weighted by molar-refractivity contribution is 0.0379. The molecule has 2 N–H and O–H groups in total. The van der Waals surface area contributed by atoms with Crippen LogP contribution in [-0.2, 0) is 4.74 Å². The number of H-pyrrole nitrogens is 1. The molecule has 188 valence electrons. The molecule has 4 heterocycles. The molecule has 2 aromatic heterocycles. The van der Waals surface area contributed by atoms with Gasteiger partial charge in [0.05, 0.1) is 12.6 Å². The van der Waals surface area contributed by atoms with Gasteiger partial charge in [0.2, 0.25) is 5.56 Å². The molecule has 2 aliphatic rings. The molecular weight excluding hydrogens is 502 g/mol. The fourth-order valence-corrected chi connectivity index (χ4v) is 7.06. The number of nitrogens with one attached hydrogen (secondary N) is 2. The molecule has 0 bridgehead atoms. The van der Waals surface area contributed by atoms with Gasteiger partial charge in [0.15, 0.2) is 0 Å². The molecule has 0 spiro atoms. The lowest BCUT2D eigenvalue weighted by Gasteiger charge is -2.36. The molecule has 7 nitrogen and oxygen atoms in total. The Kier molecular flexibility index (Phi) is 6.67. The van der Waals surface area contributed by atoms with E-state index in [1.807, 2.05) is 25.4 Å². The zero-order chi connectivity index (χ0) is 25.4. The Bertz CT molecular complexity index is 1490. The number of aryl methyl sites for hydroxylation is 1. The summed E-state index contributed by atoms with van der Waals surface area (Å²) in [6.07, 6.45) is 5.34. The molecule has 6 rings (SSSR count). The third-order valence-corrected chi connectivity index (χ3v) is 9.11. The van der Waals surface area contributed by atoms with Gasteiger partial charge in [-0.15, -0.1) is 0 Å². The summed E-state index contributed by atoms with van der Waals surface area (Å²) in [5.74, 6) is 0.780. The van der Waals surface area contributed by atoms with Crippen molar-refractivity contribution in [2.45, 2.75) is 45.6 Å². The lowest BCUT2D eigenvalue weighted by atomic mass is 10.1. The Balaban J connectivity index is 1.21. The number of benzene rings is 2. The molecule has 2 atom stereocenters. The van der Waals surface area contributed by atoms with E-state index in [0.717, 1.165) is 29.3 Å². The maximum absolute atomic E-state index is 11.8. The minimum atomic E-state index is -0.0872. The maximum Gasteiger partial charge on any atom is 0.249 e. The first-order chi connectivity index (χ1) is 18.0. The Hall–Kier alpha value is -3.27. The second-order valence-electron chi connectivity index (χ2n) is 9.24. The number of hydrogen-bond acceptors (Lipinski definition) is 8. The van der Waals surface area contributed by atoms with Gasteiger partial charge in [-0.25, -0.2) is 9.97 Å². The van der Waals surface area contributed by atoms with Crippen molar-refractivity contribution in [1.29, 1.82) is 0 Å². The van der Waals surface area contributed by atoms with Crippen LogP contribution >= 0.6 is 23.5 Å². The molecule has 1 saturated heterocycles. The average molecular weight is 530 g/mol. The molecule has 0 radical (unpaired) electrons. The first-order valence-electron chi connectivity index (χ1n) is 12.3. The van der Waals surface area contributed by atoms with E-state index in [2.05, 4.69) is 68.5 Å². The van der Waals surface area contributed by atoms with Crippen LogP contribution in [0.1, 0.15) is 36.0 Å². The van der Waals surface area contributed by atoms with Crippen LogP contribution in [0.2, 0.25) is 0 Å². The van der Waals surface area contributed by atoms with Gasteiger partial charge >= 0.3 is 0 Å². The van der Waals surface area contributed by atoms with E-state index >= 15 is 0 Å². The summed E-state index contributed by atoms with van der Waals surface area (Å²) in [6, 6.07) is 16.6. The topological polar surface area (TPSA) is 83.1 Å². The molecule has 2 aliphatic heterocycles. The standard InChI is InChI=1S/C28H27N5O2S2/c1-17-14-30-28(31-15-17)18(2)32-19-6-7-23-25(12-19)36-24-5-3-4-21(27(24)37-23)22-16-33(10-11-35-22)20-8-9-29-26(34)13-20/h3-9,12-15,18,22,32H,10-11,16H2,1-2H3,(H,29,34). The fraction of sp³-hybridized carbons (Fsp3) is 0.250. The van der Waals surface area contributed by atoms with Crippen molar-refractivity contribution in [2.24, 2.45) is 0 Å². The largest absolute Gasteiger partial charge is 0.375 e. The van der Waals surface area contributed by atoms with Gasteiger partial charge in [-0.05, 0) is 55.3 Å². The fourth-order valence-electron chi connectivity index (χ4n) is 4.61. The molecule has 0 amide bonds. The van der Waals surface area contributed by atoms with Gasteiger partial charge in [-0.3, -0.25) is 4.79 Å². The molecular formula is C28H27N5O2S2. The molecule has 2 unspecified atom stereocenters. The first-order valence-corrected chi connectivity index (χ1v) is 13.9. The van der Waals surface area contributed by atoms with Crippen LogP contribution in [0.3, 0.4) is 0 Å². The lowest BCUT2D eigenvalue weighted by Crippen LogP contribution is -2.39. The third-order valence-electron chi connectivity index (χ3n) is 6.49. The highest BCUT2D eigenvalue weighted by atomic mass is 32.2. The Labute approximate surface area is 224 Å². The van der Waals surface area contributed by atoms with E-state index in [-0.39, 0.29) is 17.7 Å².